The average molecular weight is 350 g/mol. The molecule has 0 saturated carbocycles. The number of nitrogens with one attached hydrogen (secondary N) is 1. The van der Waals surface area contributed by atoms with Gasteiger partial charge in [0.05, 0.1) is 17.7 Å². The fourth-order valence-corrected chi connectivity index (χ4v) is 3.06. The van der Waals surface area contributed by atoms with Crippen molar-refractivity contribution in [1.82, 2.24) is 10.2 Å². The lowest BCUT2D eigenvalue weighted by Crippen LogP contribution is -2.29. The Morgan fingerprint density at radius 3 is 2.31 bits per heavy atom. The maximum Gasteiger partial charge on any atom is 0.261 e. The summed E-state index contributed by atoms with van der Waals surface area (Å²) in [7, 11) is 0. The van der Waals surface area contributed by atoms with E-state index in [1.54, 1.807) is 42.5 Å². The van der Waals surface area contributed by atoms with Crippen molar-refractivity contribution in [3.05, 3.63) is 70.8 Å². The number of rotatable bonds is 7. The summed E-state index contributed by atoms with van der Waals surface area (Å²) < 4.78 is 0. The van der Waals surface area contributed by atoms with Crippen molar-refractivity contribution in [2.45, 2.75) is 32.7 Å². The first kappa shape index (κ1) is 17.9. The Balaban J connectivity index is 1.69. The zero-order valence-electron chi connectivity index (χ0n) is 14.8. The molecule has 0 spiro atoms. The minimum atomic E-state index is -0.292. The molecule has 1 aliphatic heterocycles. The van der Waals surface area contributed by atoms with E-state index in [4.69, 9.17) is 0 Å². The Bertz CT molecular complexity index is 810. The van der Waals surface area contributed by atoms with Gasteiger partial charge in [0.15, 0.2) is 0 Å². The quantitative estimate of drug-likeness (QED) is 0.615. The van der Waals surface area contributed by atoms with E-state index < -0.39 is 0 Å². The maximum absolute atomic E-state index is 12.5. The molecule has 5 nitrogen and oxygen atoms in total. The smallest absolute Gasteiger partial charge is 0.261 e. The van der Waals surface area contributed by atoms with Crippen LogP contribution in [0, 0.1) is 0 Å². The van der Waals surface area contributed by atoms with E-state index in [0.717, 1.165) is 24.8 Å². The summed E-state index contributed by atoms with van der Waals surface area (Å²) in [5.74, 6) is -0.717. The summed E-state index contributed by atoms with van der Waals surface area (Å²) in [6, 6.07) is 13.9. The molecule has 3 amide bonds. The van der Waals surface area contributed by atoms with Crippen LogP contribution in [-0.4, -0.2) is 29.2 Å². The summed E-state index contributed by atoms with van der Waals surface area (Å²) >= 11 is 0. The van der Waals surface area contributed by atoms with Crippen molar-refractivity contribution in [3.63, 3.8) is 0 Å². The maximum atomic E-state index is 12.5. The zero-order chi connectivity index (χ0) is 18.5. The van der Waals surface area contributed by atoms with E-state index >= 15 is 0 Å². The number of fused-ring (bicyclic) bond motifs is 1. The molecule has 0 radical (unpaired) electrons. The largest absolute Gasteiger partial charge is 0.352 e. The second kappa shape index (κ2) is 7.95. The highest BCUT2D eigenvalue weighted by molar-refractivity contribution is 6.21. The third-order valence-electron chi connectivity index (χ3n) is 4.47. The summed E-state index contributed by atoms with van der Waals surface area (Å²) in [4.78, 5) is 38.4. The van der Waals surface area contributed by atoms with Crippen molar-refractivity contribution in [3.8, 4) is 0 Å². The Morgan fingerprint density at radius 1 is 0.962 bits per heavy atom. The van der Waals surface area contributed by atoms with E-state index in [0.29, 0.717) is 23.2 Å². The van der Waals surface area contributed by atoms with Crippen LogP contribution in [0.5, 0.6) is 0 Å². The van der Waals surface area contributed by atoms with E-state index in [1.807, 2.05) is 6.07 Å². The van der Waals surface area contributed by atoms with Crippen LogP contribution in [0.4, 0.5) is 0 Å². The van der Waals surface area contributed by atoms with Gasteiger partial charge >= 0.3 is 0 Å². The van der Waals surface area contributed by atoms with Gasteiger partial charge < -0.3 is 5.32 Å². The van der Waals surface area contributed by atoms with Crippen molar-refractivity contribution < 1.29 is 14.4 Å². The lowest BCUT2D eigenvalue weighted by Gasteiger charge is -2.14. The predicted molar refractivity (Wildman–Crippen MR) is 98.9 cm³/mol. The van der Waals surface area contributed by atoms with Gasteiger partial charge in [-0.1, -0.05) is 44.0 Å². The number of carbonyl (C=O) groups excluding carboxylic acids is 3. The SMILES string of the molecule is CCCCCNC(=O)c1cccc(CN2C(=O)c3ccccc3C2=O)c1. The first-order valence-corrected chi connectivity index (χ1v) is 8.94. The summed E-state index contributed by atoms with van der Waals surface area (Å²) in [6.07, 6.45) is 3.14. The van der Waals surface area contributed by atoms with Gasteiger partial charge in [0, 0.05) is 12.1 Å². The van der Waals surface area contributed by atoms with Crippen LogP contribution in [0.15, 0.2) is 48.5 Å². The number of unbranched alkanes of at least 4 members (excludes halogenated alkanes) is 2. The van der Waals surface area contributed by atoms with Gasteiger partial charge in [-0.25, -0.2) is 0 Å². The van der Waals surface area contributed by atoms with Gasteiger partial charge in [0.2, 0.25) is 0 Å². The molecule has 2 aromatic carbocycles. The second-order valence-corrected chi connectivity index (χ2v) is 6.41. The molecule has 5 heteroatoms. The number of hydrogen-bond donors (Lipinski definition) is 1. The van der Waals surface area contributed by atoms with Crippen LogP contribution < -0.4 is 5.32 Å². The Hall–Kier alpha value is -2.95. The fraction of sp³-hybridized carbons (Fsp3) is 0.286. The molecule has 0 atom stereocenters. The molecule has 26 heavy (non-hydrogen) atoms. The molecular formula is C21H22N2O3. The minimum absolute atomic E-state index is 0.134. The van der Waals surface area contributed by atoms with Crippen molar-refractivity contribution in [2.24, 2.45) is 0 Å². The highest BCUT2D eigenvalue weighted by atomic mass is 16.2. The molecule has 0 aromatic heterocycles. The van der Waals surface area contributed by atoms with Crippen molar-refractivity contribution >= 4 is 17.7 Å². The van der Waals surface area contributed by atoms with Gasteiger partial charge in [-0.15, -0.1) is 0 Å². The van der Waals surface area contributed by atoms with Gasteiger partial charge in [-0.3, -0.25) is 19.3 Å². The van der Waals surface area contributed by atoms with Crippen molar-refractivity contribution in [1.29, 1.82) is 0 Å². The molecule has 2 aromatic rings. The van der Waals surface area contributed by atoms with E-state index in [-0.39, 0.29) is 24.3 Å². The van der Waals surface area contributed by atoms with Gasteiger partial charge in [-0.2, -0.15) is 0 Å². The Morgan fingerprint density at radius 2 is 1.65 bits per heavy atom. The highest BCUT2D eigenvalue weighted by Gasteiger charge is 2.34. The lowest BCUT2D eigenvalue weighted by atomic mass is 10.1. The summed E-state index contributed by atoms with van der Waals surface area (Å²) in [5.41, 5.74) is 2.15. The van der Waals surface area contributed by atoms with E-state index in [2.05, 4.69) is 12.2 Å². The molecule has 0 fully saturated rings. The number of hydrogen-bond acceptors (Lipinski definition) is 3. The van der Waals surface area contributed by atoms with Gasteiger partial charge in [0.25, 0.3) is 17.7 Å². The van der Waals surface area contributed by atoms with Gasteiger partial charge in [0.1, 0.15) is 0 Å². The molecule has 1 heterocycles. The van der Waals surface area contributed by atoms with Gasteiger partial charge in [-0.05, 0) is 36.2 Å². The summed E-state index contributed by atoms with van der Waals surface area (Å²) in [6.45, 7) is 2.92. The topological polar surface area (TPSA) is 66.5 Å². The lowest BCUT2D eigenvalue weighted by molar-refractivity contribution is 0.0642. The third kappa shape index (κ3) is 3.67. The number of benzene rings is 2. The average Bonchev–Trinajstić information content (AvgIpc) is 2.91. The Kier molecular flexibility index (Phi) is 5.46. The van der Waals surface area contributed by atoms with Crippen LogP contribution in [0.2, 0.25) is 0 Å². The van der Waals surface area contributed by atoms with Crippen LogP contribution in [0.25, 0.3) is 0 Å². The summed E-state index contributed by atoms with van der Waals surface area (Å²) in [5, 5.41) is 2.90. The second-order valence-electron chi connectivity index (χ2n) is 6.41. The van der Waals surface area contributed by atoms with Crippen LogP contribution in [-0.2, 0) is 6.54 Å². The molecule has 134 valence electrons. The van der Waals surface area contributed by atoms with E-state index in [9.17, 15) is 14.4 Å². The molecule has 0 bridgehead atoms. The number of nitrogens with zero attached hydrogens (tertiary/aromatic N) is 1. The van der Waals surface area contributed by atoms with Crippen LogP contribution >= 0.6 is 0 Å². The zero-order valence-corrected chi connectivity index (χ0v) is 14.8. The van der Waals surface area contributed by atoms with E-state index in [1.165, 1.54) is 4.90 Å². The fourth-order valence-electron chi connectivity index (χ4n) is 3.06. The normalized spacial score (nSPS) is 13.0. The Labute approximate surface area is 153 Å². The monoisotopic (exact) mass is 350 g/mol. The third-order valence-corrected chi connectivity index (χ3v) is 4.47. The number of carbonyl (C=O) groups is 3. The molecule has 1 N–H and O–H groups in total. The molecule has 0 aliphatic carbocycles. The molecule has 0 unspecified atom stereocenters. The van der Waals surface area contributed by atoms with Crippen molar-refractivity contribution in [2.75, 3.05) is 6.54 Å². The standard InChI is InChI=1S/C21H22N2O3/c1-2-3-6-12-22-19(24)16-9-7-8-15(13-16)14-23-20(25)17-10-4-5-11-18(17)21(23)26/h4-5,7-11,13H,2-3,6,12,14H2,1H3,(H,22,24). The highest BCUT2D eigenvalue weighted by Crippen LogP contribution is 2.24. The van der Waals surface area contributed by atoms with Crippen LogP contribution in [0.1, 0.15) is 62.8 Å². The number of amides is 3. The molecule has 1 aliphatic rings. The number of imide groups is 1. The minimum Gasteiger partial charge on any atom is -0.352 e. The predicted octanol–water partition coefficient (Wildman–Crippen LogP) is 3.40. The van der Waals surface area contributed by atoms with Crippen LogP contribution in [0.3, 0.4) is 0 Å². The molecule has 0 saturated heterocycles. The first-order chi connectivity index (χ1) is 12.6. The molecule has 3 rings (SSSR count). The first-order valence-electron chi connectivity index (χ1n) is 8.94. The molecular weight excluding hydrogens is 328 g/mol.